The van der Waals surface area contributed by atoms with Crippen LogP contribution in [0.1, 0.15) is 21.9 Å². The highest BCUT2D eigenvalue weighted by Crippen LogP contribution is 2.23. The van der Waals surface area contributed by atoms with Gasteiger partial charge in [0.05, 0.1) is 12.0 Å². The molecule has 0 radical (unpaired) electrons. The summed E-state index contributed by atoms with van der Waals surface area (Å²) in [4.78, 5) is 24.7. The van der Waals surface area contributed by atoms with E-state index in [1.807, 2.05) is 18.4 Å². The number of amides is 1. The number of aryl methyl sites for hydroxylation is 1. The van der Waals surface area contributed by atoms with Crippen LogP contribution >= 0.6 is 0 Å². The third-order valence-electron chi connectivity index (χ3n) is 4.21. The Kier molecular flexibility index (Phi) is 4.59. The molecule has 8 heteroatoms. The van der Waals surface area contributed by atoms with E-state index in [1.54, 1.807) is 48.8 Å². The van der Waals surface area contributed by atoms with Gasteiger partial charge in [-0.3, -0.25) is 9.36 Å². The Morgan fingerprint density at radius 1 is 1.11 bits per heavy atom. The summed E-state index contributed by atoms with van der Waals surface area (Å²) < 4.78 is 12.7. The van der Waals surface area contributed by atoms with Crippen molar-refractivity contribution >= 4 is 11.6 Å². The number of rotatable bonds is 5. The van der Waals surface area contributed by atoms with Gasteiger partial charge < -0.3 is 14.5 Å². The van der Waals surface area contributed by atoms with Crippen molar-refractivity contribution in [1.82, 2.24) is 19.5 Å². The third-order valence-corrected chi connectivity index (χ3v) is 4.21. The van der Waals surface area contributed by atoms with E-state index < -0.39 is 0 Å². The highest BCUT2D eigenvalue weighted by Gasteiger charge is 2.10. The highest BCUT2D eigenvalue weighted by molar-refractivity contribution is 6.02. The first-order valence-electron chi connectivity index (χ1n) is 8.56. The summed E-state index contributed by atoms with van der Waals surface area (Å²) in [5, 5.41) is 2.75. The summed E-state index contributed by atoms with van der Waals surface area (Å²) in [7, 11) is 0. The Morgan fingerprint density at radius 2 is 1.93 bits per heavy atom. The van der Waals surface area contributed by atoms with E-state index in [4.69, 9.17) is 9.15 Å². The second-order valence-electron chi connectivity index (χ2n) is 6.06. The average molecular weight is 375 g/mol. The Labute approximate surface area is 160 Å². The number of nitrogens with one attached hydrogen (secondary N) is 1. The molecule has 1 aromatic carbocycles. The lowest BCUT2D eigenvalue weighted by atomic mass is 10.3. The summed E-state index contributed by atoms with van der Waals surface area (Å²) in [5.74, 6) is 1.59. The topological polar surface area (TPSA) is 95.1 Å². The molecule has 0 unspecified atom stereocenters. The first-order valence-corrected chi connectivity index (χ1v) is 8.56. The maximum atomic E-state index is 12.0. The molecule has 0 saturated heterocycles. The molecule has 140 valence electrons. The second kappa shape index (κ2) is 7.36. The SMILES string of the molecule is Cc1ncn(-c2cc(Oc3ccc(NC(=O)c4ccco4)cc3)ncn2)c1C. The fourth-order valence-corrected chi connectivity index (χ4v) is 2.57. The molecule has 0 fully saturated rings. The monoisotopic (exact) mass is 375 g/mol. The zero-order valence-corrected chi connectivity index (χ0v) is 15.3. The van der Waals surface area contributed by atoms with Crippen molar-refractivity contribution in [2.45, 2.75) is 13.8 Å². The second-order valence-corrected chi connectivity index (χ2v) is 6.06. The first kappa shape index (κ1) is 17.5. The minimum Gasteiger partial charge on any atom is -0.459 e. The van der Waals surface area contributed by atoms with Crippen molar-refractivity contribution in [1.29, 1.82) is 0 Å². The molecule has 0 atom stereocenters. The fraction of sp³-hybridized carbons (Fsp3) is 0.100. The Balaban J connectivity index is 1.47. The lowest BCUT2D eigenvalue weighted by molar-refractivity contribution is 0.0996. The molecule has 0 bridgehead atoms. The number of furan rings is 1. The zero-order valence-electron chi connectivity index (χ0n) is 15.3. The summed E-state index contributed by atoms with van der Waals surface area (Å²) in [6.07, 6.45) is 4.61. The molecule has 1 amide bonds. The molecular weight excluding hydrogens is 358 g/mol. The van der Waals surface area contributed by atoms with Crippen molar-refractivity contribution in [3.63, 3.8) is 0 Å². The quantitative estimate of drug-likeness (QED) is 0.568. The Morgan fingerprint density at radius 3 is 2.61 bits per heavy atom. The van der Waals surface area contributed by atoms with E-state index in [-0.39, 0.29) is 11.7 Å². The highest BCUT2D eigenvalue weighted by atomic mass is 16.5. The van der Waals surface area contributed by atoms with Gasteiger partial charge in [-0.05, 0) is 50.2 Å². The van der Waals surface area contributed by atoms with Crippen molar-refractivity contribution < 1.29 is 13.9 Å². The van der Waals surface area contributed by atoms with Crippen molar-refractivity contribution in [3.05, 3.63) is 78.5 Å². The van der Waals surface area contributed by atoms with Crippen LogP contribution in [0, 0.1) is 13.8 Å². The molecule has 28 heavy (non-hydrogen) atoms. The smallest absolute Gasteiger partial charge is 0.291 e. The van der Waals surface area contributed by atoms with Crippen molar-refractivity contribution in [3.8, 4) is 17.4 Å². The number of hydrogen-bond donors (Lipinski definition) is 1. The van der Waals surface area contributed by atoms with E-state index in [0.29, 0.717) is 23.1 Å². The maximum Gasteiger partial charge on any atom is 0.291 e. The van der Waals surface area contributed by atoms with Gasteiger partial charge in [-0.1, -0.05) is 0 Å². The Bertz CT molecular complexity index is 1100. The molecular formula is C20H17N5O3. The molecule has 0 aliphatic carbocycles. The molecule has 3 aromatic heterocycles. The number of ether oxygens (including phenoxy) is 1. The Hall–Kier alpha value is -3.94. The van der Waals surface area contributed by atoms with Gasteiger partial charge in [-0.2, -0.15) is 0 Å². The number of imidazole rings is 1. The largest absolute Gasteiger partial charge is 0.459 e. The average Bonchev–Trinajstić information content (AvgIpc) is 3.35. The van der Waals surface area contributed by atoms with Crippen LogP contribution in [0.3, 0.4) is 0 Å². The third kappa shape index (κ3) is 3.61. The molecule has 4 aromatic rings. The molecule has 3 heterocycles. The maximum absolute atomic E-state index is 12.0. The minimum atomic E-state index is -0.315. The van der Waals surface area contributed by atoms with Gasteiger partial charge in [-0.15, -0.1) is 0 Å². The van der Waals surface area contributed by atoms with Crippen molar-refractivity contribution in [2.75, 3.05) is 5.32 Å². The molecule has 8 nitrogen and oxygen atoms in total. The van der Waals surface area contributed by atoms with Crippen LogP contribution in [-0.4, -0.2) is 25.4 Å². The molecule has 0 aliphatic rings. The summed E-state index contributed by atoms with van der Waals surface area (Å²) >= 11 is 0. The van der Waals surface area contributed by atoms with Crippen LogP contribution in [0.25, 0.3) is 5.82 Å². The number of anilines is 1. The lowest BCUT2D eigenvalue weighted by Crippen LogP contribution is -2.10. The number of nitrogens with zero attached hydrogens (tertiary/aromatic N) is 4. The van der Waals surface area contributed by atoms with Gasteiger partial charge >= 0.3 is 0 Å². The van der Waals surface area contributed by atoms with Gasteiger partial charge in [0, 0.05) is 17.4 Å². The summed E-state index contributed by atoms with van der Waals surface area (Å²) in [6, 6.07) is 12.0. The molecule has 0 saturated carbocycles. The zero-order chi connectivity index (χ0) is 19.5. The van der Waals surface area contributed by atoms with Gasteiger partial charge in [0.15, 0.2) is 5.76 Å². The minimum absolute atomic E-state index is 0.249. The predicted molar refractivity (Wildman–Crippen MR) is 102 cm³/mol. The van der Waals surface area contributed by atoms with Crippen LogP contribution in [0.5, 0.6) is 11.6 Å². The van der Waals surface area contributed by atoms with E-state index in [2.05, 4.69) is 20.3 Å². The first-order chi connectivity index (χ1) is 13.6. The molecule has 0 spiro atoms. The lowest BCUT2D eigenvalue weighted by Gasteiger charge is -2.09. The number of hydrogen-bond acceptors (Lipinski definition) is 6. The normalized spacial score (nSPS) is 10.6. The van der Waals surface area contributed by atoms with Crippen LogP contribution in [0.15, 0.2) is 65.8 Å². The number of benzene rings is 1. The van der Waals surface area contributed by atoms with Gasteiger partial charge in [0.2, 0.25) is 5.88 Å². The predicted octanol–water partition coefficient (Wildman–Crippen LogP) is 3.92. The number of aromatic nitrogens is 4. The summed E-state index contributed by atoms with van der Waals surface area (Å²) in [6.45, 7) is 3.91. The standard InChI is InChI=1S/C20H17N5O3/c1-13-14(2)25(12-23-13)18-10-19(22-11-21-18)28-16-7-5-15(6-8-16)24-20(26)17-4-3-9-27-17/h3-12H,1-2H3,(H,24,26). The van der Waals surface area contributed by atoms with E-state index >= 15 is 0 Å². The number of carbonyl (C=O) groups is 1. The summed E-state index contributed by atoms with van der Waals surface area (Å²) in [5.41, 5.74) is 2.57. The molecule has 1 N–H and O–H groups in total. The van der Waals surface area contributed by atoms with Crippen LogP contribution in [0.2, 0.25) is 0 Å². The molecule has 4 rings (SSSR count). The molecule has 0 aliphatic heterocycles. The van der Waals surface area contributed by atoms with Crippen molar-refractivity contribution in [2.24, 2.45) is 0 Å². The van der Waals surface area contributed by atoms with E-state index in [0.717, 1.165) is 11.4 Å². The fourth-order valence-electron chi connectivity index (χ4n) is 2.57. The van der Waals surface area contributed by atoms with Crippen LogP contribution in [-0.2, 0) is 0 Å². The van der Waals surface area contributed by atoms with Gasteiger partial charge in [0.1, 0.15) is 24.2 Å². The van der Waals surface area contributed by atoms with Crippen LogP contribution < -0.4 is 10.1 Å². The van der Waals surface area contributed by atoms with Gasteiger partial charge in [-0.25, -0.2) is 15.0 Å². The van der Waals surface area contributed by atoms with Gasteiger partial charge in [0.25, 0.3) is 5.91 Å². The number of carbonyl (C=O) groups excluding carboxylic acids is 1. The van der Waals surface area contributed by atoms with E-state index in [9.17, 15) is 4.79 Å². The van der Waals surface area contributed by atoms with Crippen LogP contribution in [0.4, 0.5) is 5.69 Å². The van der Waals surface area contributed by atoms with E-state index in [1.165, 1.54) is 12.6 Å².